The van der Waals surface area contributed by atoms with Crippen LogP contribution in [-0.2, 0) is 4.79 Å². The van der Waals surface area contributed by atoms with Crippen LogP contribution >= 0.6 is 0 Å². The number of carbonyl (C=O) groups excluding carboxylic acids is 1. The summed E-state index contributed by atoms with van der Waals surface area (Å²) < 4.78 is 0.625. The minimum atomic E-state index is 0.167. The van der Waals surface area contributed by atoms with Crippen LogP contribution in [0.4, 0.5) is 0 Å². The maximum Gasteiger partial charge on any atom is 0.273 e. The van der Waals surface area contributed by atoms with Gasteiger partial charge in [0, 0.05) is 0 Å². The Balaban J connectivity index is 2.65. The molecule has 0 radical (unpaired) electrons. The van der Waals surface area contributed by atoms with Gasteiger partial charge in [0.1, 0.15) is 6.54 Å². The number of quaternary nitrogens is 1. The molecule has 0 saturated carbocycles. The number of nitrogens with zero attached hydrogens (tertiary/aromatic N) is 1. The molecule has 3 heteroatoms. The Kier molecular flexibility index (Phi) is 1.24. The monoisotopic (exact) mass is 129 g/mol. The number of nitrogens with one attached hydrogen (secondary N) is 1. The van der Waals surface area contributed by atoms with Crippen molar-refractivity contribution in [2.24, 2.45) is 5.92 Å². The fraction of sp³-hybridized carbons (Fsp3) is 0.833. The third kappa shape index (κ3) is 1.21. The van der Waals surface area contributed by atoms with E-state index in [0.717, 1.165) is 6.54 Å². The molecule has 1 fully saturated rings. The molecule has 1 saturated heterocycles. The molecule has 1 atom stereocenters. The van der Waals surface area contributed by atoms with Crippen LogP contribution in [0.2, 0.25) is 0 Å². The van der Waals surface area contributed by atoms with Crippen LogP contribution < -0.4 is 5.43 Å². The normalized spacial score (nSPS) is 32.3. The van der Waals surface area contributed by atoms with E-state index in [9.17, 15) is 4.79 Å². The minimum absolute atomic E-state index is 0.167. The first kappa shape index (κ1) is 6.55. The van der Waals surface area contributed by atoms with Crippen molar-refractivity contribution in [1.29, 1.82) is 0 Å². The Morgan fingerprint density at radius 2 is 2.22 bits per heavy atom. The molecule has 1 unspecified atom stereocenters. The zero-order valence-corrected chi connectivity index (χ0v) is 6.14. The van der Waals surface area contributed by atoms with Gasteiger partial charge >= 0.3 is 0 Å². The summed E-state index contributed by atoms with van der Waals surface area (Å²) in [5.41, 5.74) is 2.84. The van der Waals surface area contributed by atoms with Crippen LogP contribution in [0.5, 0.6) is 0 Å². The van der Waals surface area contributed by atoms with E-state index in [2.05, 4.69) is 5.43 Å². The highest BCUT2D eigenvalue weighted by molar-refractivity contribution is 5.78. The van der Waals surface area contributed by atoms with Crippen LogP contribution in [0.1, 0.15) is 6.92 Å². The van der Waals surface area contributed by atoms with Crippen molar-refractivity contribution in [3.8, 4) is 0 Å². The van der Waals surface area contributed by atoms with Gasteiger partial charge in [0.2, 0.25) is 0 Å². The summed E-state index contributed by atoms with van der Waals surface area (Å²) in [5.74, 6) is 0.347. The number of hydrogen-bond acceptors (Lipinski definition) is 1. The second-order valence-corrected chi connectivity index (χ2v) is 3.24. The molecule has 1 heterocycles. The van der Waals surface area contributed by atoms with E-state index in [4.69, 9.17) is 0 Å². The first-order valence-corrected chi connectivity index (χ1v) is 3.16. The van der Waals surface area contributed by atoms with Crippen LogP contribution in [-0.4, -0.2) is 31.1 Å². The Bertz CT molecular complexity index is 142. The molecule has 1 rings (SSSR count). The molecule has 0 aromatic carbocycles. The third-order valence-corrected chi connectivity index (χ3v) is 1.59. The van der Waals surface area contributed by atoms with Crippen molar-refractivity contribution in [1.82, 2.24) is 5.43 Å². The van der Waals surface area contributed by atoms with Crippen molar-refractivity contribution in [2.75, 3.05) is 20.6 Å². The summed E-state index contributed by atoms with van der Waals surface area (Å²) in [6, 6.07) is 0. The molecule has 1 aliphatic rings. The van der Waals surface area contributed by atoms with Crippen molar-refractivity contribution in [2.45, 2.75) is 6.92 Å². The van der Waals surface area contributed by atoms with Gasteiger partial charge in [-0.25, -0.2) is 10.0 Å². The molecule has 52 valence electrons. The van der Waals surface area contributed by atoms with Gasteiger partial charge in [0.05, 0.1) is 20.0 Å². The summed E-state index contributed by atoms with van der Waals surface area (Å²) in [5, 5.41) is 0. The zero-order valence-electron chi connectivity index (χ0n) is 6.14. The average molecular weight is 129 g/mol. The zero-order chi connectivity index (χ0) is 7.07. The van der Waals surface area contributed by atoms with E-state index >= 15 is 0 Å². The lowest BCUT2D eigenvalue weighted by Crippen LogP contribution is -2.47. The van der Waals surface area contributed by atoms with E-state index in [1.54, 1.807) is 0 Å². The summed E-state index contributed by atoms with van der Waals surface area (Å²) in [4.78, 5) is 10.9. The fourth-order valence-electron chi connectivity index (χ4n) is 1.22. The maximum atomic E-state index is 10.9. The Morgan fingerprint density at radius 3 is 2.33 bits per heavy atom. The molecule has 9 heavy (non-hydrogen) atoms. The number of amides is 1. The predicted molar refractivity (Wildman–Crippen MR) is 34.3 cm³/mol. The molecule has 1 aliphatic heterocycles. The van der Waals surface area contributed by atoms with Crippen molar-refractivity contribution < 1.29 is 9.39 Å². The topological polar surface area (TPSA) is 29.1 Å². The Morgan fingerprint density at radius 1 is 1.67 bits per heavy atom. The van der Waals surface area contributed by atoms with Crippen molar-refractivity contribution in [3.05, 3.63) is 0 Å². The molecule has 0 aromatic rings. The van der Waals surface area contributed by atoms with Gasteiger partial charge in [-0.1, -0.05) is 0 Å². The van der Waals surface area contributed by atoms with Crippen molar-refractivity contribution in [3.63, 3.8) is 0 Å². The highest BCUT2D eigenvalue weighted by atomic mass is 16.2. The predicted octanol–water partition coefficient (Wildman–Crippen LogP) is -0.256. The van der Waals surface area contributed by atoms with Crippen LogP contribution in [0.15, 0.2) is 0 Å². The number of hydrogen-bond donors (Lipinski definition) is 1. The maximum absolute atomic E-state index is 10.9. The van der Waals surface area contributed by atoms with E-state index in [-0.39, 0.29) is 11.8 Å². The minimum Gasteiger partial charge on any atom is -0.269 e. The van der Waals surface area contributed by atoms with E-state index in [0.29, 0.717) is 4.59 Å². The molecule has 0 aromatic heterocycles. The average Bonchev–Trinajstić information content (AvgIpc) is 1.79. The molecular formula is C6H13N2O+. The first-order chi connectivity index (χ1) is 4.01. The van der Waals surface area contributed by atoms with Crippen LogP contribution in [0.3, 0.4) is 0 Å². The van der Waals surface area contributed by atoms with E-state index < -0.39 is 0 Å². The van der Waals surface area contributed by atoms with Crippen LogP contribution in [0.25, 0.3) is 0 Å². The summed E-state index contributed by atoms with van der Waals surface area (Å²) >= 11 is 0. The summed E-state index contributed by atoms with van der Waals surface area (Å²) in [6.45, 7) is 2.85. The summed E-state index contributed by atoms with van der Waals surface area (Å²) in [6.07, 6.45) is 0. The number of rotatable bonds is 0. The van der Waals surface area contributed by atoms with Gasteiger partial charge in [0.15, 0.2) is 0 Å². The van der Waals surface area contributed by atoms with Gasteiger partial charge in [-0.15, -0.1) is 0 Å². The smallest absolute Gasteiger partial charge is 0.269 e. The van der Waals surface area contributed by atoms with Gasteiger partial charge in [-0.2, -0.15) is 0 Å². The van der Waals surface area contributed by atoms with Gasteiger partial charge in [0.25, 0.3) is 5.91 Å². The SMILES string of the molecule is CC1C[N+](C)(C)NC1=O. The molecular weight excluding hydrogens is 116 g/mol. The number of carbonyl (C=O) groups is 1. The Hall–Kier alpha value is -0.570. The standard InChI is InChI=1S/C6H12N2O/c1-5-4-8(2,3)7-6(5)9/h5H,4H2,1-3H3/p+1. The first-order valence-electron chi connectivity index (χ1n) is 3.16. The van der Waals surface area contributed by atoms with E-state index in [1.807, 2.05) is 21.0 Å². The lowest BCUT2D eigenvalue weighted by Gasteiger charge is -2.20. The van der Waals surface area contributed by atoms with E-state index in [1.165, 1.54) is 0 Å². The molecule has 1 amide bonds. The molecule has 0 spiro atoms. The second kappa shape index (κ2) is 1.70. The fourth-order valence-corrected chi connectivity index (χ4v) is 1.22. The van der Waals surface area contributed by atoms with Crippen LogP contribution in [0, 0.1) is 5.92 Å². The molecule has 0 aliphatic carbocycles. The van der Waals surface area contributed by atoms with Crippen molar-refractivity contribution >= 4 is 5.91 Å². The highest BCUT2D eigenvalue weighted by Gasteiger charge is 2.34. The second-order valence-electron chi connectivity index (χ2n) is 3.24. The lowest BCUT2D eigenvalue weighted by molar-refractivity contribution is -0.917. The highest BCUT2D eigenvalue weighted by Crippen LogP contribution is 2.10. The molecule has 3 nitrogen and oxygen atoms in total. The van der Waals surface area contributed by atoms with Gasteiger partial charge in [-0.3, -0.25) is 4.79 Å². The summed E-state index contributed by atoms with van der Waals surface area (Å²) in [7, 11) is 3.98. The van der Waals surface area contributed by atoms with Gasteiger partial charge in [-0.05, 0) is 6.92 Å². The van der Waals surface area contributed by atoms with Gasteiger partial charge < -0.3 is 0 Å². The largest absolute Gasteiger partial charge is 0.273 e. The lowest BCUT2D eigenvalue weighted by atomic mass is 10.2. The molecule has 0 bridgehead atoms. The Labute approximate surface area is 55.2 Å². The molecule has 1 N–H and O–H groups in total. The quantitative estimate of drug-likeness (QED) is 0.449. The third-order valence-electron chi connectivity index (χ3n) is 1.59.